The van der Waals surface area contributed by atoms with Gasteiger partial charge in [-0.25, -0.2) is 4.79 Å². The number of rotatable bonds is 2. The van der Waals surface area contributed by atoms with Crippen molar-refractivity contribution < 1.29 is 14.3 Å². The average Bonchev–Trinajstić information content (AvgIpc) is 2.18. The van der Waals surface area contributed by atoms with Crippen molar-refractivity contribution >= 4 is 23.5 Å². The molecule has 5 heteroatoms. The van der Waals surface area contributed by atoms with Crippen molar-refractivity contribution in [3.63, 3.8) is 0 Å². The molecule has 0 saturated heterocycles. The van der Waals surface area contributed by atoms with Crippen LogP contribution < -0.4 is 5.73 Å². The van der Waals surface area contributed by atoms with Crippen molar-refractivity contribution in [2.45, 2.75) is 0 Å². The third kappa shape index (κ3) is 2.83. The predicted molar refractivity (Wildman–Crippen MR) is 50.9 cm³/mol. The van der Waals surface area contributed by atoms with E-state index < -0.39 is 11.9 Å². The monoisotopic (exact) mass is 213 g/mol. The summed E-state index contributed by atoms with van der Waals surface area (Å²) in [6, 6.07) is 6.00. The van der Waals surface area contributed by atoms with E-state index in [9.17, 15) is 9.59 Å². The van der Waals surface area contributed by atoms with Gasteiger partial charge in [-0.3, -0.25) is 4.79 Å². The molecule has 4 nitrogen and oxygen atoms in total. The van der Waals surface area contributed by atoms with E-state index in [2.05, 4.69) is 4.74 Å². The standard InChI is InChI=1S/C9H8ClNO3/c10-7-3-1-6(2-4-7)9(13)14-8(12)5-11/h1-4H,5,11H2. The van der Waals surface area contributed by atoms with E-state index in [0.29, 0.717) is 5.02 Å². The number of ether oxygens (including phenoxy) is 1. The number of hydrogen-bond donors (Lipinski definition) is 1. The van der Waals surface area contributed by atoms with Gasteiger partial charge in [0, 0.05) is 5.02 Å². The largest absolute Gasteiger partial charge is 0.388 e. The van der Waals surface area contributed by atoms with E-state index in [1.54, 1.807) is 0 Å². The van der Waals surface area contributed by atoms with Crippen LogP contribution in [-0.4, -0.2) is 18.5 Å². The van der Waals surface area contributed by atoms with Crippen molar-refractivity contribution in [2.75, 3.05) is 6.54 Å². The SMILES string of the molecule is NCC(=O)OC(=O)c1ccc(Cl)cc1. The Morgan fingerprint density at radius 3 is 2.36 bits per heavy atom. The van der Waals surface area contributed by atoms with Crippen LogP contribution in [0.1, 0.15) is 10.4 Å². The Balaban J connectivity index is 2.70. The molecule has 1 rings (SSSR count). The maximum Gasteiger partial charge on any atom is 0.345 e. The highest BCUT2D eigenvalue weighted by molar-refractivity contribution is 6.30. The molecule has 0 bridgehead atoms. The number of benzene rings is 1. The highest BCUT2D eigenvalue weighted by Crippen LogP contribution is 2.10. The maximum atomic E-state index is 11.2. The molecule has 14 heavy (non-hydrogen) atoms. The minimum atomic E-state index is -0.759. The van der Waals surface area contributed by atoms with Crippen LogP contribution in [-0.2, 0) is 9.53 Å². The summed E-state index contributed by atoms with van der Waals surface area (Å²) in [5.41, 5.74) is 5.24. The first-order valence-corrected chi connectivity index (χ1v) is 4.22. The number of hydrogen-bond acceptors (Lipinski definition) is 4. The van der Waals surface area contributed by atoms with Crippen LogP contribution in [0.3, 0.4) is 0 Å². The summed E-state index contributed by atoms with van der Waals surface area (Å²) < 4.78 is 4.38. The number of halogens is 1. The fraction of sp³-hybridized carbons (Fsp3) is 0.111. The smallest absolute Gasteiger partial charge is 0.345 e. The van der Waals surface area contributed by atoms with Crippen LogP contribution in [0.25, 0.3) is 0 Å². The molecule has 0 aliphatic carbocycles. The van der Waals surface area contributed by atoms with Crippen molar-refractivity contribution in [1.29, 1.82) is 0 Å². The first kappa shape index (κ1) is 10.7. The van der Waals surface area contributed by atoms with E-state index >= 15 is 0 Å². The van der Waals surface area contributed by atoms with Crippen LogP contribution in [0.15, 0.2) is 24.3 Å². The average molecular weight is 214 g/mol. The Morgan fingerprint density at radius 2 is 1.86 bits per heavy atom. The number of nitrogens with two attached hydrogens (primary N) is 1. The zero-order chi connectivity index (χ0) is 10.6. The van der Waals surface area contributed by atoms with E-state index in [4.69, 9.17) is 17.3 Å². The van der Waals surface area contributed by atoms with Crippen molar-refractivity contribution in [3.05, 3.63) is 34.9 Å². The van der Waals surface area contributed by atoms with Crippen LogP contribution in [0.2, 0.25) is 5.02 Å². The lowest BCUT2D eigenvalue weighted by Gasteiger charge is -2.00. The summed E-state index contributed by atoms with van der Waals surface area (Å²) in [6.07, 6.45) is 0. The Bertz CT molecular complexity index is 348. The molecule has 1 aromatic rings. The lowest BCUT2D eigenvalue weighted by Crippen LogP contribution is -2.20. The van der Waals surface area contributed by atoms with Gasteiger partial charge < -0.3 is 10.5 Å². The molecule has 0 radical (unpaired) electrons. The highest BCUT2D eigenvalue weighted by atomic mass is 35.5. The van der Waals surface area contributed by atoms with Gasteiger partial charge >= 0.3 is 11.9 Å². The van der Waals surface area contributed by atoms with Gasteiger partial charge in [0.1, 0.15) is 0 Å². The Hall–Kier alpha value is -1.39. The molecule has 0 aliphatic rings. The summed E-state index contributed by atoms with van der Waals surface area (Å²) in [4.78, 5) is 21.9. The zero-order valence-corrected chi connectivity index (χ0v) is 7.95. The molecule has 0 aromatic heterocycles. The van der Waals surface area contributed by atoms with Gasteiger partial charge in [0.2, 0.25) is 0 Å². The molecule has 0 saturated carbocycles. The molecule has 0 amide bonds. The predicted octanol–water partition coefficient (Wildman–Crippen LogP) is 0.982. The molecule has 74 valence electrons. The molecule has 2 N–H and O–H groups in total. The van der Waals surface area contributed by atoms with Gasteiger partial charge in [0.15, 0.2) is 0 Å². The topological polar surface area (TPSA) is 69.4 Å². The second kappa shape index (κ2) is 4.74. The minimum Gasteiger partial charge on any atom is -0.388 e. The lowest BCUT2D eigenvalue weighted by molar-refractivity contribution is -0.136. The molecule has 0 unspecified atom stereocenters. The van der Waals surface area contributed by atoms with Gasteiger partial charge in [-0.05, 0) is 24.3 Å². The van der Waals surface area contributed by atoms with E-state index in [1.165, 1.54) is 24.3 Å². The summed E-state index contributed by atoms with van der Waals surface area (Å²) >= 11 is 5.61. The van der Waals surface area contributed by atoms with Gasteiger partial charge in [0.05, 0.1) is 12.1 Å². The van der Waals surface area contributed by atoms with Crippen molar-refractivity contribution in [3.8, 4) is 0 Å². The Kier molecular flexibility index (Phi) is 3.62. The fourth-order valence-corrected chi connectivity index (χ4v) is 0.916. The quantitative estimate of drug-likeness (QED) is 0.587. The zero-order valence-electron chi connectivity index (χ0n) is 7.20. The van der Waals surface area contributed by atoms with E-state index in [0.717, 1.165) is 0 Å². The summed E-state index contributed by atoms with van der Waals surface area (Å²) in [5, 5.41) is 0.506. The van der Waals surface area contributed by atoms with Crippen LogP contribution in [0.4, 0.5) is 0 Å². The molecule has 0 atom stereocenters. The Morgan fingerprint density at radius 1 is 1.29 bits per heavy atom. The van der Waals surface area contributed by atoms with E-state index in [-0.39, 0.29) is 12.1 Å². The first-order chi connectivity index (χ1) is 6.63. The summed E-state index contributed by atoms with van der Waals surface area (Å²) in [7, 11) is 0. The van der Waals surface area contributed by atoms with Gasteiger partial charge in [-0.2, -0.15) is 0 Å². The third-order valence-electron chi connectivity index (χ3n) is 1.45. The number of esters is 2. The summed E-state index contributed by atoms with van der Waals surface area (Å²) in [6.45, 7) is -0.320. The minimum absolute atomic E-state index is 0.260. The molecule has 0 aliphatic heterocycles. The molecular weight excluding hydrogens is 206 g/mol. The molecule has 1 aromatic carbocycles. The van der Waals surface area contributed by atoms with Gasteiger partial charge in [-0.1, -0.05) is 11.6 Å². The van der Waals surface area contributed by atoms with Crippen molar-refractivity contribution in [2.24, 2.45) is 5.73 Å². The van der Waals surface area contributed by atoms with Gasteiger partial charge in [-0.15, -0.1) is 0 Å². The lowest BCUT2D eigenvalue weighted by atomic mass is 10.2. The number of carbonyl (C=O) groups excluding carboxylic acids is 2. The number of carbonyl (C=O) groups is 2. The molecular formula is C9H8ClNO3. The van der Waals surface area contributed by atoms with Crippen LogP contribution in [0.5, 0.6) is 0 Å². The van der Waals surface area contributed by atoms with Crippen LogP contribution >= 0.6 is 11.6 Å². The van der Waals surface area contributed by atoms with Crippen molar-refractivity contribution in [1.82, 2.24) is 0 Å². The Labute approximate surface area is 85.6 Å². The second-order valence-electron chi connectivity index (χ2n) is 2.47. The first-order valence-electron chi connectivity index (χ1n) is 3.84. The fourth-order valence-electron chi connectivity index (χ4n) is 0.790. The second-order valence-corrected chi connectivity index (χ2v) is 2.91. The molecule has 0 spiro atoms. The normalized spacial score (nSPS) is 9.57. The summed E-state index contributed by atoms with van der Waals surface area (Å²) in [5.74, 6) is -1.48. The maximum absolute atomic E-state index is 11.2. The van der Waals surface area contributed by atoms with Gasteiger partial charge in [0.25, 0.3) is 0 Å². The highest BCUT2D eigenvalue weighted by Gasteiger charge is 2.10. The van der Waals surface area contributed by atoms with Crippen LogP contribution in [0, 0.1) is 0 Å². The molecule has 0 heterocycles. The molecule has 0 fully saturated rings. The van der Waals surface area contributed by atoms with E-state index in [1.807, 2.05) is 0 Å². The third-order valence-corrected chi connectivity index (χ3v) is 1.71.